The summed E-state index contributed by atoms with van der Waals surface area (Å²) in [5.74, 6) is -0.235. The lowest BCUT2D eigenvalue weighted by atomic mass is 9.79. The first-order valence-electron chi connectivity index (χ1n) is 5.51. The monoisotopic (exact) mass is 293 g/mol. The zero-order valence-corrected chi connectivity index (χ0v) is 11.1. The third-order valence-electron chi connectivity index (χ3n) is 2.97. The molecule has 0 amide bonds. The van der Waals surface area contributed by atoms with Crippen LogP contribution in [0.25, 0.3) is 0 Å². The van der Waals surface area contributed by atoms with E-state index in [0.29, 0.717) is 0 Å². The Morgan fingerprint density at radius 1 is 1.29 bits per heavy atom. The highest BCUT2D eigenvalue weighted by molar-refractivity contribution is 9.10. The number of halogens is 2. The zero-order valence-electron chi connectivity index (χ0n) is 9.53. The average Bonchev–Trinajstić information content (AvgIpc) is 2.53. The fourth-order valence-electron chi connectivity index (χ4n) is 1.95. The van der Waals surface area contributed by atoms with E-state index >= 15 is 0 Å². The van der Waals surface area contributed by atoms with Crippen molar-refractivity contribution in [3.63, 3.8) is 0 Å². The van der Waals surface area contributed by atoms with Gasteiger partial charge < -0.3 is 0 Å². The molecule has 1 heterocycles. The molecular weight excluding hydrogens is 281 g/mol. The summed E-state index contributed by atoms with van der Waals surface area (Å²) < 4.78 is 14.2. The van der Waals surface area contributed by atoms with Crippen molar-refractivity contribution in [1.29, 1.82) is 0 Å². The summed E-state index contributed by atoms with van der Waals surface area (Å²) in [4.78, 5) is 4.23. The number of benzene rings is 1. The molecule has 0 N–H and O–H groups in total. The Kier molecular flexibility index (Phi) is 3.57. The van der Waals surface area contributed by atoms with Gasteiger partial charge in [-0.05, 0) is 36.3 Å². The lowest BCUT2D eigenvalue weighted by Gasteiger charge is -2.25. The van der Waals surface area contributed by atoms with E-state index in [1.807, 2.05) is 24.4 Å². The minimum Gasteiger partial charge on any atom is -0.268 e. The maximum Gasteiger partial charge on any atom is 0.124 e. The zero-order chi connectivity index (χ0) is 12.3. The molecule has 17 heavy (non-hydrogen) atoms. The fraction of sp³-hybridized carbons (Fsp3) is 0.214. The van der Waals surface area contributed by atoms with E-state index in [9.17, 15) is 4.39 Å². The molecule has 3 heteroatoms. The molecule has 1 nitrogen and oxygen atoms in total. The quantitative estimate of drug-likeness (QED) is 0.767. The standard InChI is InChI=1S/C14H13BrFN/c1-2-14(5-3-4-6-17-10-14)11-7-12(15)9-13(16)8-11/h3-10H,2H2,1H3. The Bertz CT molecular complexity index is 467. The lowest BCUT2D eigenvalue weighted by Crippen LogP contribution is -2.24. The molecular formula is C14H13BrFN. The Morgan fingerprint density at radius 2 is 2.12 bits per heavy atom. The second kappa shape index (κ2) is 4.96. The summed E-state index contributed by atoms with van der Waals surface area (Å²) in [5, 5.41) is 0. The van der Waals surface area contributed by atoms with Crippen molar-refractivity contribution in [2.24, 2.45) is 4.99 Å². The van der Waals surface area contributed by atoms with Crippen LogP contribution in [0.5, 0.6) is 0 Å². The van der Waals surface area contributed by atoms with Crippen LogP contribution in [0.4, 0.5) is 4.39 Å². The van der Waals surface area contributed by atoms with Crippen LogP contribution in [-0.4, -0.2) is 6.21 Å². The van der Waals surface area contributed by atoms with Crippen LogP contribution in [0, 0.1) is 5.82 Å². The normalized spacial score (nSPS) is 22.8. The van der Waals surface area contributed by atoms with Gasteiger partial charge in [0.1, 0.15) is 5.82 Å². The van der Waals surface area contributed by atoms with E-state index in [0.717, 1.165) is 16.5 Å². The van der Waals surface area contributed by atoms with Gasteiger partial charge in [-0.25, -0.2) is 4.39 Å². The number of hydrogen-bond acceptors (Lipinski definition) is 1. The molecule has 1 atom stereocenters. The highest BCUT2D eigenvalue weighted by atomic mass is 79.9. The second-order valence-electron chi connectivity index (χ2n) is 4.03. The molecule has 2 rings (SSSR count). The minimum atomic E-state index is -0.325. The molecule has 0 fully saturated rings. The minimum absolute atomic E-state index is 0.235. The van der Waals surface area contributed by atoms with Gasteiger partial charge in [-0.1, -0.05) is 35.0 Å². The Balaban J connectivity index is 2.54. The van der Waals surface area contributed by atoms with Gasteiger partial charge in [0.05, 0.1) is 0 Å². The second-order valence-corrected chi connectivity index (χ2v) is 4.95. The van der Waals surface area contributed by atoms with Crippen LogP contribution in [0.1, 0.15) is 18.9 Å². The van der Waals surface area contributed by atoms with E-state index in [1.54, 1.807) is 12.3 Å². The molecule has 1 aliphatic rings. The lowest BCUT2D eigenvalue weighted by molar-refractivity contribution is 0.615. The molecule has 1 unspecified atom stereocenters. The van der Waals surface area contributed by atoms with Gasteiger partial charge >= 0.3 is 0 Å². The fourth-order valence-corrected chi connectivity index (χ4v) is 2.42. The molecule has 0 saturated heterocycles. The molecule has 0 saturated carbocycles. The van der Waals surface area contributed by atoms with Crippen LogP contribution in [0.2, 0.25) is 0 Å². The first-order chi connectivity index (χ1) is 8.16. The van der Waals surface area contributed by atoms with Gasteiger partial charge in [0, 0.05) is 22.3 Å². The summed E-state index contributed by atoms with van der Waals surface area (Å²) >= 11 is 3.33. The third kappa shape index (κ3) is 2.55. The predicted octanol–water partition coefficient (Wildman–Crippen LogP) is 4.39. The molecule has 0 aliphatic carbocycles. The molecule has 0 radical (unpaired) electrons. The summed E-state index contributed by atoms with van der Waals surface area (Å²) in [6.45, 7) is 2.07. The highest BCUT2D eigenvalue weighted by Gasteiger charge is 2.26. The van der Waals surface area contributed by atoms with Crippen molar-refractivity contribution in [2.45, 2.75) is 18.8 Å². The number of aliphatic imine (C=N–C) groups is 1. The molecule has 88 valence electrons. The molecule has 1 aromatic rings. The third-order valence-corrected chi connectivity index (χ3v) is 3.42. The van der Waals surface area contributed by atoms with Gasteiger partial charge in [-0.15, -0.1) is 0 Å². The van der Waals surface area contributed by atoms with Gasteiger partial charge in [-0.3, -0.25) is 4.99 Å². The maximum absolute atomic E-state index is 13.5. The van der Waals surface area contributed by atoms with Gasteiger partial charge in [0.25, 0.3) is 0 Å². The van der Waals surface area contributed by atoms with Crippen LogP contribution in [0.3, 0.4) is 0 Å². The SMILES string of the molecule is CCC1(c2cc(F)cc(Br)c2)C=CC=CN=C1. The van der Waals surface area contributed by atoms with Crippen molar-refractivity contribution < 1.29 is 4.39 Å². The number of nitrogens with zero attached hydrogens (tertiary/aromatic N) is 1. The van der Waals surface area contributed by atoms with E-state index in [1.165, 1.54) is 6.07 Å². The van der Waals surface area contributed by atoms with Crippen LogP contribution in [0.15, 0.2) is 52.1 Å². The van der Waals surface area contributed by atoms with Crippen molar-refractivity contribution in [1.82, 2.24) is 0 Å². The number of hydrogen-bond donors (Lipinski definition) is 0. The Morgan fingerprint density at radius 3 is 2.82 bits per heavy atom. The highest BCUT2D eigenvalue weighted by Crippen LogP contribution is 2.31. The van der Waals surface area contributed by atoms with Crippen LogP contribution >= 0.6 is 15.9 Å². The first kappa shape index (κ1) is 12.2. The molecule has 0 bridgehead atoms. The molecule has 0 spiro atoms. The summed E-state index contributed by atoms with van der Waals surface area (Å²) in [6.07, 6.45) is 10.3. The predicted molar refractivity (Wildman–Crippen MR) is 72.8 cm³/mol. The Hall–Kier alpha value is -1.22. The Labute approximate surface area is 109 Å². The summed E-state index contributed by atoms with van der Waals surface area (Å²) in [7, 11) is 0. The van der Waals surface area contributed by atoms with Gasteiger partial charge in [0.2, 0.25) is 0 Å². The van der Waals surface area contributed by atoms with Crippen molar-refractivity contribution in [3.8, 4) is 0 Å². The van der Waals surface area contributed by atoms with E-state index in [-0.39, 0.29) is 11.2 Å². The number of allylic oxidation sites excluding steroid dienone is 3. The maximum atomic E-state index is 13.5. The first-order valence-corrected chi connectivity index (χ1v) is 6.31. The molecule has 0 aromatic heterocycles. The van der Waals surface area contributed by atoms with E-state index in [2.05, 4.69) is 33.9 Å². The van der Waals surface area contributed by atoms with E-state index < -0.39 is 0 Å². The summed E-state index contributed by atoms with van der Waals surface area (Å²) in [5.41, 5.74) is 0.587. The topological polar surface area (TPSA) is 12.4 Å². The van der Waals surface area contributed by atoms with Crippen molar-refractivity contribution in [2.75, 3.05) is 0 Å². The van der Waals surface area contributed by atoms with Gasteiger partial charge in [0.15, 0.2) is 0 Å². The molecule has 1 aromatic carbocycles. The molecule has 1 aliphatic heterocycles. The summed E-state index contributed by atoms with van der Waals surface area (Å²) in [6, 6.07) is 4.97. The van der Waals surface area contributed by atoms with Crippen LogP contribution < -0.4 is 0 Å². The number of rotatable bonds is 2. The van der Waals surface area contributed by atoms with E-state index in [4.69, 9.17) is 0 Å². The van der Waals surface area contributed by atoms with Crippen LogP contribution in [-0.2, 0) is 5.41 Å². The van der Waals surface area contributed by atoms with Crippen molar-refractivity contribution in [3.05, 3.63) is 58.5 Å². The largest absolute Gasteiger partial charge is 0.268 e. The van der Waals surface area contributed by atoms with Crippen molar-refractivity contribution >= 4 is 22.1 Å². The average molecular weight is 294 g/mol. The smallest absolute Gasteiger partial charge is 0.124 e. The van der Waals surface area contributed by atoms with Gasteiger partial charge in [-0.2, -0.15) is 0 Å².